The van der Waals surface area contributed by atoms with Gasteiger partial charge < -0.3 is 29.8 Å². The van der Waals surface area contributed by atoms with Crippen LogP contribution in [-0.4, -0.2) is 56.5 Å². The maximum atomic E-state index is 13.6. The summed E-state index contributed by atoms with van der Waals surface area (Å²) in [6.07, 6.45) is 8.59. The molecule has 4 heterocycles. The normalized spacial score (nSPS) is 19.5. The number of carbonyl (C=O) groups is 2. The second kappa shape index (κ2) is 14.9. The number of ether oxygens (including phenoxy) is 1. The predicted molar refractivity (Wildman–Crippen MR) is 208 cm³/mol. The van der Waals surface area contributed by atoms with Gasteiger partial charge in [0.05, 0.1) is 55.3 Å². The lowest BCUT2D eigenvalue weighted by Crippen LogP contribution is -2.51. The Morgan fingerprint density at radius 1 is 0.830 bits per heavy atom. The molecule has 10 nitrogen and oxygen atoms in total. The van der Waals surface area contributed by atoms with Crippen molar-refractivity contribution in [1.82, 2.24) is 30.2 Å². The maximum absolute atomic E-state index is 13.6. The molecule has 4 atom stereocenters. The van der Waals surface area contributed by atoms with Crippen LogP contribution in [0.4, 0.5) is 10.5 Å². The molecule has 0 saturated carbocycles. The Balaban J connectivity index is 1.12. The summed E-state index contributed by atoms with van der Waals surface area (Å²) in [7, 11) is 1.31. The fourth-order valence-electron chi connectivity index (χ4n) is 7.99. The van der Waals surface area contributed by atoms with Gasteiger partial charge in [-0.25, -0.2) is 14.8 Å². The first-order valence-electron chi connectivity index (χ1n) is 18.8. The Hall–Kier alpha value is -5.38. The highest BCUT2D eigenvalue weighted by atomic mass is 16.5. The van der Waals surface area contributed by atoms with Crippen LogP contribution in [0.15, 0.2) is 91.5 Å². The minimum atomic E-state index is -0.669. The number of carbonyl (C=O) groups excluding carboxylic acids is 2. The summed E-state index contributed by atoms with van der Waals surface area (Å²) in [4.78, 5) is 45.8. The van der Waals surface area contributed by atoms with Crippen molar-refractivity contribution in [3.05, 3.63) is 114 Å². The zero-order valence-corrected chi connectivity index (χ0v) is 31.6. The Labute approximate surface area is 312 Å². The van der Waals surface area contributed by atoms with Crippen LogP contribution in [0.3, 0.4) is 0 Å². The van der Waals surface area contributed by atoms with E-state index in [4.69, 9.17) is 9.72 Å². The number of nitrogens with zero attached hydrogens (tertiary/aromatic N) is 4. The number of aromatic nitrogens is 4. The van der Waals surface area contributed by atoms with Crippen molar-refractivity contribution in [3.63, 3.8) is 0 Å². The van der Waals surface area contributed by atoms with Crippen molar-refractivity contribution in [3.8, 4) is 22.5 Å². The molecule has 276 valence electrons. The molecule has 5 aromatic rings. The molecule has 2 fully saturated rings. The van der Waals surface area contributed by atoms with E-state index < -0.39 is 12.1 Å². The van der Waals surface area contributed by atoms with E-state index >= 15 is 0 Å². The molecule has 10 heteroatoms. The van der Waals surface area contributed by atoms with Gasteiger partial charge in [0.2, 0.25) is 5.91 Å². The number of benzene rings is 3. The number of rotatable bonds is 9. The second-order valence-corrected chi connectivity index (χ2v) is 15.8. The van der Waals surface area contributed by atoms with Gasteiger partial charge in [-0.15, -0.1) is 0 Å². The number of hydrogen-bond acceptors (Lipinski definition) is 6. The van der Waals surface area contributed by atoms with Crippen molar-refractivity contribution < 1.29 is 14.3 Å². The number of alkyl carbamates (subject to hydrolysis) is 1. The van der Waals surface area contributed by atoms with Gasteiger partial charge in [0.15, 0.2) is 0 Å². The topological polar surface area (TPSA) is 119 Å². The lowest BCUT2D eigenvalue weighted by molar-refractivity contribution is -0.135. The van der Waals surface area contributed by atoms with E-state index in [1.54, 1.807) is 6.33 Å². The molecule has 2 aliphatic heterocycles. The molecule has 2 aromatic heterocycles. The fraction of sp³-hybridized carbons (Fsp3) is 0.395. The molecule has 4 unspecified atom stereocenters. The van der Waals surface area contributed by atoms with Crippen molar-refractivity contribution in [2.75, 3.05) is 18.6 Å². The Morgan fingerprint density at radius 3 is 2.00 bits per heavy atom. The SMILES string of the molecule is COC(=O)NC(C(=O)N1CCCC1c1ncc(-c2ccc(C3CCC(c4ccc(-c5cnc[nH]5)cc4)N3c3ccc(C(C)(C)C)cc3)cc2)[nH]1)C(C)C. The van der Waals surface area contributed by atoms with Crippen LogP contribution in [0.1, 0.15) is 101 Å². The minimum Gasteiger partial charge on any atom is -0.453 e. The van der Waals surface area contributed by atoms with Gasteiger partial charge in [0, 0.05) is 12.2 Å². The standard InChI is InChI=1S/C43H51N7O3/c1-27(2)39(48-42(52)53-6)41(51)49-23-7-8-38(49)40-45-25-35(47-40)29-11-15-31(16-12-29)37-22-21-36(30-13-9-28(10-14-30)34-24-44-26-46-34)50(37)33-19-17-32(18-20-33)43(3,4)5/h9-20,24-27,36-39H,7-8,21-23H2,1-6H3,(H,44,46)(H,45,47)(H,48,52). The molecule has 0 spiro atoms. The predicted octanol–water partition coefficient (Wildman–Crippen LogP) is 8.89. The number of methoxy groups -OCH3 is 1. The smallest absolute Gasteiger partial charge is 0.407 e. The van der Waals surface area contributed by atoms with Gasteiger partial charge in [0.25, 0.3) is 0 Å². The number of amides is 2. The first kappa shape index (κ1) is 36.0. The van der Waals surface area contributed by atoms with Gasteiger partial charge in [-0.05, 0) is 77.0 Å². The zero-order valence-electron chi connectivity index (χ0n) is 31.6. The van der Waals surface area contributed by atoms with E-state index in [2.05, 4.69) is 119 Å². The van der Waals surface area contributed by atoms with Crippen LogP contribution in [0.25, 0.3) is 22.5 Å². The maximum Gasteiger partial charge on any atom is 0.407 e. The zero-order chi connectivity index (χ0) is 37.3. The highest BCUT2D eigenvalue weighted by molar-refractivity contribution is 5.86. The van der Waals surface area contributed by atoms with Crippen molar-refractivity contribution in [2.45, 2.75) is 89.9 Å². The van der Waals surface area contributed by atoms with E-state index in [1.165, 1.54) is 29.5 Å². The molecule has 0 bridgehead atoms. The van der Waals surface area contributed by atoms with E-state index in [-0.39, 0.29) is 35.4 Å². The summed E-state index contributed by atoms with van der Waals surface area (Å²) < 4.78 is 4.79. The molecule has 2 saturated heterocycles. The number of hydrogen-bond donors (Lipinski definition) is 3. The summed E-state index contributed by atoms with van der Waals surface area (Å²) in [5, 5.41) is 2.73. The summed E-state index contributed by atoms with van der Waals surface area (Å²) in [5.74, 6) is 0.560. The summed E-state index contributed by atoms with van der Waals surface area (Å²) in [6, 6.07) is 26.5. The van der Waals surface area contributed by atoms with E-state index in [0.717, 1.165) is 54.0 Å². The van der Waals surface area contributed by atoms with E-state index in [1.807, 2.05) is 31.1 Å². The third-order valence-corrected chi connectivity index (χ3v) is 11.0. The third kappa shape index (κ3) is 7.45. The number of aromatic amines is 2. The molecule has 53 heavy (non-hydrogen) atoms. The van der Waals surface area contributed by atoms with E-state index in [0.29, 0.717) is 6.54 Å². The number of imidazole rings is 2. The van der Waals surface area contributed by atoms with Crippen LogP contribution >= 0.6 is 0 Å². The van der Waals surface area contributed by atoms with Crippen molar-refractivity contribution in [1.29, 1.82) is 0 Å². The molecular weight excluding hydrogens is 663 g/mol. The van der Waals surface area contributed by atoms with Crippen LogP contribution in [-0.2, 0) is 14.9 Å². The Bertz CT molecular complexity index is 1990. The number of nitrogens with one attached hydrogen (secondary N) is 3. The number of H-pyrrole nitrogens is 2. The van der Waals surface area contributed by atoms with Gasteiger partial charge in [-0.1, -0.05) is 95.3 Å². The van der Waals surface area contributed by atoms with Gasteiger partial charge in [-0.3, -0.25) is 4.79 Å². The lowest BCUT2D eigenvalue weighted by Gasteiger charge is -2.34. The van der Waals surface area contributed by atoms with Crippen molar-refractivity contribution in [2.24, 2.45) is 5.92 Å². The highest BCUT2D eigenvalue weighted by Crippen LogP contribution is 2.47. The fourth-order valence-corrected chi connectivity index (χ4v) is 7.99. The summed E-state index contributed by atoms with van der Waals surface area (Å²) in [5.41, 5.74) is 9.30. The molecule has 0 aliphatic carbocycles. The summed E-state index contributed by atoms with van der Waals surface area (Å²) >= 11 is 0. The molecule has 0 radical (unpaired) electrons. The average Bonchev–Trinajstić information content (AvgIpc) is 4.00. The van der Waals surface area contributed by atoms with Gasteiger partial charge in [0.1, 0.15) is 11.9 Å². The monoisotopic (exact) mass is 713 g/mol. The minimum absolute atomic E-state index is 0.0804. The molecule has 2 aliphatic rings. The Morgan fingerprint density at radius 2 is 1.45 bits per heavy atom. The third-order valence-electron chi connectivity index (χ3n) is 11.0. The van der Waals surface area contributed by atoms with Crippen LogP contribution < -0.4 is 10.2 Å². The summed E-state index contributed by atoms with van der Waals surface area (Å²) in [6.45, 7) is 11.2. The number of anilines is 1. The average molecular weight is 714 g/mol. The molecular formula is C43H51N7O3. The van der Waals surface area contributed by atoms with Gasteiger partial charge in [-0.2, -0.15) is 0 Å². The number of likely N-dealkylation sites (tertiary alicyclic amines) is 1. The first-order valence-corrected chi connectivity index (χ1v) is 18.8. The molecule has 2 amide bonds. The van der Waals surface area contributed by atoms with Crippen LogP contribution in [0.2, 0.25) is 0 Å². The van der Waals surface area contributed by atoms with E-state index in [9.17, 15) is 9.59 Å². The lowest BCUT2D eigenvalue weighted by atomic mass is 9.87. The quantitative estimate of drug-likeness (QED) is 0.140. The van der Waals surface area contributed by atoms with Gasteiger partial charge >= 0.3 is 6.09 Å². The largest absolute Gasteiger partial charge is 0.453 e. The first-order chi connectivity index (χ1) is 25.5. The van der Waals surface area contributed by atoms with Crippen LogP contribution in [0, 0.1) is 5.92 Å². The Kier molecular flexibility index (Phi) is 10.1. The highest BCUT2D eigenvalue weighted by Gasteiger charge is 2.38. The van der Waals surface area contributed by atoms with Crippen LogP contribution in [0.5, 0.6) is 0 Å². The second-order valence-electron chi connectivity index (χ2n) is 15.8. The van der Waals surface area contributed by atoms with Crippen molar-refractivity contribution >= 4 is 17.7 Å². The molecule has 3 aromatic carbocycles. The molecule has 7 rings (SSSR count). The molecule has 3 N–H and O–H groups in total.